The molecule has 0 aromatic heterocycles. The molecule has 0 amide bonds. The van der Waals surface area contributed by atoms with Crippen LogP contribution in [-0.4, -0.2) is 35.8 Å². The quantitative estimate of drug-likeness (QED) is 0.394. The average molecular weight is 448 g/mol. The Morgan fingerprint density at radius 2 is 1.61 bits per heavy atom. The molecular formula is C13H8N2O10S3. The van der Waals surface area contributed by atoms with Gasteiger partial charge in [-0.05, 0) is 24.3 Å². The third-order valence-corrected chi connectivity index (χ3v) is 6.98. The van der Waals surface area contributed by atoms with E-state index in [4.69, 9.17) is 4.55 Å². The van der Waals surface area contributed by atoms with Crippen LogP contribution in [0.4, 0.5) is 5.69 Å². The summed E-state index contributed by atoms with van der Waals surface area (Å²) in [5.74, 6) is 0. The van der Waals surface area contributed by atoms with Crippen LogP contribution in [0.2, 0.25) is 0 Å². The van der Waals surface area contributed by atoms with Crippen LogP contribution in [0.3, 0.4) is 0 Å². The van der Waals surface area contributed by atoms with Crippen LogP contribution in [0, 0.1) is 20.2 Å². The molecule has 0 radical (unpaired) electrons. The summed E-state index contributed by atoms with van der Waals surface area (Å²) in [4.78, 5) is 19.2. The highest BCUT2D eigenvalue weighted by atomic mass is 32.2. The highest BCUT2D eigenvalue weighted by molar-refractivity contribution is 8.00. The minimum absolute atomic E-state index is 0.116. The van der Waals surface area contributed by atoms with Crippen molar-refractivity contribution in [3.8, 4) is 0 Å². The van der Waals surface area contributed by atoms with Gasteiger partial charge in [-0.25, -0.2) is 0 Å². The molecule has 0 saturated carbocycles. The van der Waals surface area contributed by atoms with E-state index in [9.17, 15) is 41.6 Å². The van der Waals surface area contributed by atoms with Gasteiger partial charge in [0, 0.05) is 21.4 Å². The van der Waals surface area contributed by atoms with E-state index in [1.165, 1.54) is 0 Å². The second-order valence-electron chi connectivity index (χ2n) is 5.52. The van der Waals surface area contributed by atoms with Crippen LogP contribution < -0.4 is 0 Å². The zero-order chi connectivity index (χ0) is 21.0. The summed E-state index contributed by atoms with van der Waals surface area (Å²) in [7, 11) is -9.58. The molecule has 1 aliphatic rings. The van der Waals surface area contributed by atoms with E-state index >= 15 is 0 Å². The fraction of sp³-hybridized carbons (Fsp3) is 0.0769. The van der Waals surface area contributed by atoms with Crippen LogP contribution in [0.25, 0.3) is 0 Å². The lowest BCUT2D eigenvalue weighted by atomic mass is 9.97. The van der Waals surface area contributed by atoms with E-state index in [-0.39, 0.29) is 10.5 Å². The van der Waals surface area contributed by atoms with Crippen LogP contribution in [0.5, 0.6) is 0 Å². The molecule has 0 saturated heterocycles. The van der Waals surface area contributed by atoms with Crippen molar-refractivity contribution in [3.05, 3.63) is 61.7 Å². The molecule has 1 unspecified atom stereocenters. The van der Waals surface area contributed by atoms with Crippen molar-refractivity contribution < 1.29 is 35.8 Å². The van der Waals surface area contributed by atoms with Gasteiger partial charge in [0.25, 0.3) is 32.0 Å². The third-order valence-electron chi connectivity index (χ3n) is 3.89. The highest BCUT2D eigenvalue weighted by Gasteiger charge is 2.43. The van der Waals surface area contributed by atoms with Crippen molar-refractivity contribution in [1.82, 2.24) is 0 Å². The Kier molecular flexibility index (Phi) is 4.67. The first-order valence-electron chi connectivity index (χ1n) is 7.04. The van der Waals surface area contributed by atoms with E-state index in [0.717, 1.165) is 30.3 Å². The SMILES string of the molecule is O=[N+]([O-])c1ccc(S(=O)(=O)O)c2c1C([N+](=O)[O-])c1ccc(S(=O)(=O)O)cc1S2. The Morgan fingerprint density at radius 3 is 2.11 bits per heavy atom. The first-order valence-corrected chi connectivity index (χ1v) is 10.7. The maximum atomic E-state index is 11.7. The van der Waals surface area contributed by atoms with Crippen molar-refractivity contribution in [2.45, 2.75) is 25.6 Å². The molecule has 0 fully saturated rings. The molecule has 12 nitrogen and oxygen atoms in total. The molecule has 1 atom stereocenters. The molecule has 3 rings (SSSR count). The van der Waals surface area contributed by atoms with Gasteiger partial charge < -0.3 is 0 Å². The molecule has 28 heavy (non-hydrogen) atoms. The minimum atomic E-state index is -4.91. The minimum Gasteiger partial charge on any atom is -0.282 e. The maximum absolute atomic E-state index is 11.7. The molecular weight excluding hydrogens is 440 g/mol. The lowest BCUT2D eigenvalue weighted by Gasteiger charge is -2.23. The van der Waals surface area contributed by atoms with Gasteiger partial charge in [0.05, 0.1) is 14.7 Å². The lowest BCUT2D eigenvalue weighted by molar-refractivity contribution is -0.520. The van der Waals surface area contributed by atoms with Crippen LogP contribution in [0.15, 0.2) is 49.9 Å². The summed E-state index contributed by atoms with van der Waals surface area (Å²) in [6, 6.07) is 2.33. The first kappa shape index (κ1) is 20.2. The van der Waals surface area contributed by atoms with Crippen LogP contribution in [-0.2, 0) is 20.2 Å². The van der Waals surface area contributed by atoms with Crippen LogP contribution >= 0.6 is 11.8 Å². The highest BCUT2D eigenvalue weighted by Crippen LogP contribution is 2.51. The monoisotopic (exact) mass is 448 g/mol. The molecule has 0 aliphatic carbocycles. The molecule has 148 valence electrons. The van der Waals surface area contributed by atoms with Gasteiger partial charge >= 0.3 is 0 Å². The number of nitro groups is 2. The fourth-order valence-electron chi connectivity index (χ4n) is 2.77. The number of benzene rings is 2. The predicted octanol–water partition coefficient (Wildman–Crippen LogP) is 1.92. The normalized spacial score (nSPS) is 16.1. The Morgan fingerprint density at radius 1 is 0.964 bits per heavy atom. The van der Waals surface area contributed by atoms with Gasteiger partial charge in [-0.2, -0.15) is 16.8 Å². The fourth-order valence-corrected chi connectivity index (χ4v) is 5.58. The van der Waals surface area contributed by atoms with Crippen molar-refractivity contribution in [2.75, 3.05) is 0 Å². The van der Waals surface area contributed by atoms with Gasteiger partial charge in [0.15, 0.2) is 0 Å². The van der Waals surface area contributed by atoms with Crippen molar-refractivity contribution in [1.29, 1.82) is 0 Å². The van der Waals surface area contributed by atoms with E-state index in [2.05, 4.69) is 0 Å². The molecule has 2 aromatic rings. The Balaban J connectivity index is 2.42. The third kappa shape index (κ3) is 3.33. The number of hydrogen-bond acceptors (Lipinski definition) is 9. The van der Waals surface area contributed by atoms with E-state index in [1.807, 2.05) is 0 Å². The Bertz CT molecular complexity index is 1250. The summed E-state index contributed by atoms with van der Waals surface area (Å²) in [6.45, 7) is 0. The second kappa shape index (κ2) is 6.49. The number of hydrogen-bond donors (Lipinski definition) is 2. The van der Waals surface area contributed by atoms with Gasteiger partial charge in [0.1, 0.15) is 10.5 Å². The lowest BCUT2D eigenvalue weighted by Crippen LogP contribution is -2.20. The standard InChI is InChI=1S/C13H8N2O10S3/c16-14(17)8-3-4-10(28(23,24)25)13-11(8)12(15(18)19)7-2-1-6(27(20,21)22)5-9(7)26-13/h1-5,12H,(H,20,21,22)(H,23,24,25). The summed E-state index contributed by atoms with van der Waals surface area (Å²) in [5, 5.41) is 23.0. The summed E-state index contributed by atoms with van der Waals surface area (Å²) >= 11 is 0.495. The van der Waals surface area contributed by atoms with Crippen LogP contribution in [0.1, 0.15) is 17.2 Å². The summed E-state index contributed by atoms with van der Waals surface area (Å²) in [6.07, 6.45) is 0. The zero-order valence-corrected chi connectivity index (χ0v) is 15.7. The first-order chi connectivity index (χ1) is 12.8. The number of rotatable bonds is 4. The van der Waals surface area contributed by atoms with Gasteiger partial charge in [-0.15, -0.1) is 0 Å². The van der Waals surface area contributed by atoms with E-state index in [0.29, 0.717) is 11.8 Å². The van der Waals surface area contributed by atoms with Crippen molar-refractivity contribution in [3.63, 3.8) is 0 Å². The van der Waals surface area contributed by atoms with Gasteiger partial charge in [0.2, 0.25) is 0 Å². The number of fused-ring (bicyclic) bond motifs is 2. The largest absolute Gasteiger partial charge is 0.295 e. The Labute approximate surface area is 161 Å². The average Bonchev–Trinajstić information content (AvgIpc) is 2.55. The Hall–Kier alpha value is -2.59. The number of nitrogens with zero attached hydrogens (tertiary/aromatic N) is 2. The van der Waals surface area contributed by atoms with Crippen molar-refractivity contribution in [2.24, 2.45) is 0 Å². The maximum Gasteiger partial charge on any atom is 0.295 e. The zero-order valence-electron chi connectivity index (χ0n) is 13.2. The van der Waals surface area contributed by atoms with Gasteiger partial charge in [-0.3, -0.25) is 29.3 Å². The molecule has 0 bridgehead atoms. The smallest absolute Gasteiger partial charge is 0.282 e. The van der Waals surface area contributed by atoms with E-state index < -0.39 is 62.1 Å². The second-order valence-corrected chi connectivity index (χ2v) is 9.39. The summed E-state index contributed by atoms with van der Waals surface area (Å²) in [5.41, 5.74) is -1.42. The topological polar surface area (TPSA) is 195 Å². The predicted molar refractivity (Wildman–Crippen MR) is 92.1 cm³/mol. The molecule has 2 aromatic carbocycles. The summed E-state index contributed by atoms with van der Waals surface area (Å²) < 4.78 is 64.6. The molecule has 1 aliphatic heterocycles. The molecule has 2 N–H and O–H groups in total. The van der Waals surface area contributed by atoms with Gasteiger partial charge in [-0.1, -0.05) is 11.8 Å². The van der Waals surface area contributed by atoms with E-state index in [1.54, 1.807) is 0 Å². The molecule has 1 heterocycles. The molecule has 15 heteroatoms. The van der Waals surface area contributed by atoms with Crippen molar-refractivity contribution >= 4 is 37.7 Å². The molecule has 0 spiro atoms. The number of nitro benzene ring substituents is 1.